The molecule has 3 rings (SSSR count). The largest absolute Gasteiger partial charge is 0.357 e. The Bertz CT molecular complexity index is 836. The van der Waals surface area contributed by atoms with Gasteiger partial charge in [-0.25, -0.2) is 4.99 Å². The molecule has 0 saturated heterocycles. The summed E-state index contributed by atoms with van der Waals surface area (Å²) in [6.45, 7) is 7.25. The zero-order valence-corrected chi connectivity index (χ0v) is 16.1. The summed E-state index contributed by atoms with van der Waals surface area (Å²) in [6, 6.07) is 12.5. The highest BCUT2D eigenvalue weighted by Crippen LogP contribution is 2.15. The van der Waals surface area contributed by atoms with Crippen molar-refractivity contribution >= 4 is 17.3 Å². The number of hydrogen-bond acceptors (Lipinski definition) is 3. The maximum absolute atomic E-state index is 4.77. The van der Waals surface area contributed by atoms with Gasteiger partial charge in [0.1, 0.15) is 0 Å². The normalized spacial score (nSPS) is 11.5. The van der Waals surface area contributed by atoms with Crippen molar-refractivity contribution < 1.29 is 0 Å². The SMILES string of the molecule is CCNC(=NCc1ccccc1Cn1cccn1)NCc1sccc1C. The van der Waals surface area contributed by atoms with Crippen LogP contribution in [0, 0.1) is 6.92 Å². The molecule has 136 valence electrons. The third-order valence-corrected chi connectivity index (χ3v) is 5.17. The van der Waals surface area contributed by atoms with Crippen LogP contribution >= 0.6 is 11.3 Å². The second-order valence-electron chi connectivity index (χ2n) is 6.05. The van der Waals surface area contributed by atoms with Gasteiger partial charge in [-0.1, -0.05) is 24.3 Å². The Balaban J connectivity index is 1.68. The summed E-state index contributed by atoms with van der Waals surface area (Å²) in [5.41, 5.74) is 3.78. The van der Waals surface area contributed by atoms with Crippen LogP contribution in [0.1, 0.15) is 28.5 Å². The molecular weight excluding hydrogens is 342 g/mol. The lowest BCUT2D eigenvalue weighted by Crippen LogP contribution is -2.36. The summed E-state index contributed by atoms with van der Waals surface area (Å²) in [5, 5.41) is 13.2. The first-order valence-electron chi connectivity index (χ1n) is 8.85. The molecule has 0 aliphatic heterocycles. The molecule has 0 saturated carbocycles. The number of benzene rings is 1. The molecule has 3 aromatic rings. The molecule has 2 aromatic heterocycles. The third kappa shape index (κ3) is 4.95. The maximum atomic E-state index is 4.77. The Labute approximate surface area is 158 Å². The average Bonchev–Trinajstić information content (AvgIpc) is 3.30. The first-order valence-corrected chi connectivity index (χ1v) is 9.73. The molecular formula is C20H25N5S. The zero-order chi connectivity index (χ0) is 18.2. The first-order chi connectivity index (χ1) is 12.8. The van der Waals surface area contributed by atoms with E-state index in [2.05, 4.69) is 65.3 Å². The average molecular weight is 368 g/mol. The van der Waals surface area contributed by atoms with Crippen molar-refractivity contribution in [1.29, 1.82) is 0 Å². The van der Waals surface area contributed by atoms with Gasteiger partial charge in [-0.05, 0) is 48.1 Å². The molecule has 0 atom stereocenters. The van der Waals surface area contributed by atoms with E-state index in [-0.39, 0.29) is 0 Å². The highest BCUT2D eigenvalue weighted by atomic mass is 32.1. The van der Waals surface area contributed by atoms with Gasteiger partial charge in [0, 0.05) is 23.8 Å². The number of rotatable bonds is 7. The van der Waals surface area contributed by atoms with Crippen molar-refractivity contribution in [3.05, 3.63) is 75.7 Å². The topological polar surface area (TPSA) is 54.2 Å². The van der Waals surface area contributed by atoms with E-state index in [4.69, 9.17) is 4.99 Å². The molecule has 2 N–H and O–H groups in total. The quantitative estimate of drug-likeness (QED) is 0.496. The molecule has 6 heteroatoms. The van der Waals surface area contributed by atoms with Crippen molar-refractivity contribution in [3.63, 3.8) is 0 Å². The fourth-order valence-corrected chi connectivity index (χ4v) is 3.54. The Kier molecular flexibility index (Phi) is 6.44. The van der Waals surface area contributed by atoms with Crippen LogP contribution in [0.15, 0.2) is 59.2 Å². The summed E-state index contributed by atoms with van der Waals surface area (Å²) < 4.78 is 1.94. The van der Waals surface area contributed by atoms with Gasteiger partial charge in [0.15, 0.2) is 5.96 Å². The summed E-state index contributed by atoms with van der Waals surface area (Å²) in [7, 11) is 0. The van der Waals surface area contributed by atoms with Gasteiger partial charge >= 0.3 is 0 Å². The summed E-state index contributed by atoms with van der Waals surface area (Å²) in [5.74, 6) is 0.842. The Hall–Kier alpha value is -2.60. The lowest BCUT2D eigenvalue weighted by atomic mass is 10.1. The molecule has 0 aliphatic carbocycles. The first kappa shape index (κ1) is 18.2. The van der Waals surface area contributed by atoms with Crippen LogP contribution in [-0.4, -0.2) is 22.3 Å². The highest BCUT2D eigenvalue weighted by molar-refractivity contribution is 7.10. The molecule has 0 spiro atoms. The number of thiophene rings is 1. The van der Waals surface area contributed by atoms with Crippen LogP contribution < -0.4 is 10.6 Å². The van der Waals surface area contributed by atoms with Gasteiger partial charge in [-0.3, -0.25) is 4.68 Å². The smallest absolute Gasteiger partial charge is 0.191 e. The Morgan fingerprint density at radius 1 is 1.15 bits per heavy atom. The van der Waals surface area contributed by atoms with E-state index in [0.29, 0.717) is 6.54 Å². The zero-order valence-electron chi connectivity index (χ0n) is 15.3. The van der Waals surface area contributed by atoms with Gasteiger partial charge in [0.2, 0.25) is 0 Å². The molecule has 0 aliphatic rings. The predicted octanol–water partition coefficient (Wildman–Crippen LogP) is 3.56. The van der Waals surface area contributed by atoms with Crippen LogP contribution in [0.25, 0.3) is 0 Å². The summed E-state index contributed by atoms with van der Waals surface area (Å²) in [4.78, 5) is 6.11. The van der Waals surface area contributed by atoms with Crippen molar-refractivity contribution in [2.45, 2.75) is 33.5 Å². The van der Waals surface area contributed by atoms with Crippen LogP contribution in [0.4, 0.5) is 0 Å². The van der Waals surface area contributed by atoms with Crippen LogP contribution in [0.5, 0.6) is 0 Å². The number of nitrogens with zero attached hydrogens (tertiary/aromatic N) is 3. The van der Waals surface area contributed by atoms with E-state index in [1.807, 2.05) is 16.9 Å². The Morgan fingerprint density at radius 2 is 2.00 bits per heavy atom. The van der Waals surface area contributed by atoms with E-state index in [9.17, 15) is 0 Å². The standard InChI is InChI=1S/C20H25N5S/c1-3-21-20(23-14-19-16(2)9-12-26-19)22-13-17-7-4-5-8-18(17)15-25-11-6-10-24-25/h4-12H,3,13-15H2,1-2H3,(H2,21,22,23). The van der Waals surface area contributed by atoms with Crippen molar-refractivity contribution in [2.24, 2.45) is 4.99 Å². The van der Waals surface area contributed by atoms with E-state index < -0.39 is 0 Å². The predicted molar refractivity (Wildman–Crippen MR) is 108 cm³/mol. The molecule has 0 radical (unpaired) electrons. The third-order valence-electron chi connectivity index (χ3n) is 4.15. The van der Waals surface area contributed by atoms with Crippen LogP contribution in [0.3, 0.4) is 0 Å². The van der Waals surface area contributed by atoms with Gasteiger partial charge in [-0.2, -0.15) is 5.10 Å². The number of aryl methyl sites for hydroxylation is 1. The molecule has 1 aromatic carbocycles. The molecule has 5 nitrogen and oxygen atoms in total. The molecule has 26 heavy (non-hydrogen) atoms. The second-order valence-corrected chi connectivity index (χ2v) is 7.05. The summed E-state index contributed by atoms with van der Waals surface area (Å²) >= 11 is 1.77. The van der Waals surface area contributed by atoms with Crippen molar-refractivity contribution in [1.82, 2.24) is 20.4 Å². The molecule has 0 bridgehead atoms. The van der Waals surface area contributed by atoms with Gasteiger partial charge in [-0.15, -0.1) is 11.3 Å². The molecule has 0 amide bonds. The number of hydrogen-bond donors (Lipinski definition) is 2. The van der Waals surface area contributed by atoms with E-state index >= 15 is 0 Å². The fraction of sp³-hybridized carbons (Fsp3) is 0.300. The van der Waals surface area contributed by atoms with Gasteiger partial charge in [0.25, 0.3) is 0 Å². The van der Waals surface area contributed by atoms with E-state index in [0.717, 1.165) is 25.6 Å². The lowest BCUT2D eigenvalue weighted by Gasteiger charge is -2.12. The number of guanidine groups is 1. The minimum absolute atomic E-state index is 0.635. The Morgan fingerprint density at radius 3 is 2.69 bits per heavy atom. The molecule has 2 heterocycles. The highest BCUT2D eigenvalue weighted by Gasteiger charge is 2.05. The number of aromatic nitrogens is 2. The fourth-order valence-electron chi connectivity index (χ4n) is 2.69. The van der Waals surface area contributed by atoms with E-state index in [1.54, 1.807) is 17.5 Å². The number of aliphatic imine (C=N–C) groups is 1. The van der Waals surface area contributed by atoms with Gasteiger partial charge in [0.05, 0.1) is 19.6 Å². The van der Waals surface area contributed by atoms with Crippen LogP contribution in [-0.2, 0) is 19.6 Å². The minimum atomic E-state index is 0.635. The lowest BCUT2D eigenvalue weighted by molar-refractivity contribution is 0.680. The monoisotopic (exact) mass is 367 g/mol. The molecule has 0 fully saturated rings. The van der Waals surface area contributed by atoms with Gasteiger partial charge < -0.3 is 10.6 Å². The summed E-state index contributed by atoms with van der Waals surface area (Å²) in [6.07, 6.45) is 3.79. The minimum Gasteiger partial charge on any atom is -0.357 e. The second kappa shape index (κ2) is 9.20. The molecule has 0 unspecified atom stereocenters. The maximum Gasteiger partial charge on any atom is 0.191 e. The number of nitrogens with one attached hydrogen (secondary N) is 2. The van der Waals surface area contributed by atoms with Crippen LogP contribution in [0.2, 0.25) is 0 Å². The van der Waals surface area contributed by atoms with Crippen molar-refractivity contribution in [3.8, 4) is 0 Å². The van der Waals surface area contributed by atoms with Crippen molar-refractivity contribution in [2.75, 3.05) is 6.54 Å². The van der Waals surface area contributed by atoms with E-state index in [1.165, 1.54) is 21.6 Å².